The molecule has 0 aliphatic rings. The Balaban J connectivity index is 1.85. The third kappa shape index (κ3) is 6.51. The number of anilines is 1. The summed E-state index contributed by atoms with van der Waals surface area (Å²) < 4.78 is 22.8. The lowest BCUT2D eigenvalue weighted by Crippen LogP contribution is -2.33. The van der Waals surface area contributed by atoms with Gasteiger partial charge in [0.05, 0.1) is 33.6 Å². The van der Waals surface area contributed by atoms with Crippen molar-refractivity contribution in [3.05, 3.63) is 105 Å². The molecule has 0 radical (unpaired) electrons. The average Bonchev–Trinajstić information content (AvgIpc) is 2.97. The van der Waals surface area contributed by atoms with Crippen molar-refractivity contribution in [3.8, 4) is 22.9 Å². The van der Waals surface area contributed by atoms with Crippen molar-refractivity contribution in [1.29, 1.82) is 0 Å². The van der Waals surface area contributed by atoms with E-state index in [9.17, 15) is 9.59 Å². The quantitative estimate of drug-likeness (QED) is 0.231. The van der Waals surface area contributed by atoms with Crippen molar-refractivity contribution in [1.82, 2.24) is 9.55 Å². The molecule has 0 N–H and O–H groups in total. The minimum Gasteiger partial charge on any atom is -0.497 e. The van der Waals surface area contributed by atoms with Crippen LogP contribution in [0.4, 0.5) is 5.82 Å². The second-order valence-corrected chi connectivity index (χ2v) is 9.50. The number of carbonyl (C=O) groups is 1. The second kappa shape index (κ2) is 13.0. The Morgan fingerprint density at radius 1 is 0.829 bits per heavy atom. The van der Waals surface area contributed by atoms with Crippen molar-refractivity contribution in [2.24, 2.45) is 0 Å². The van der Waals surface area contributed by atoms with Crippen molar-refractivity contribution in [2.45, 2.75) is 33.9 Å². The van der Waals surface area contributed by atoms with E-state index < -0.39 is 11.5 Å². The van der Waals surface area contributed by atoms with Crippen molar-refractivity contribution in [2.75, 3.05) is 32.8 Å². The summed E-state index contributed by atoms with van der Waals surface area (Å²) >= 11 is 0. The van der Waals surface area contributed by atoms with Crippen LogP contribution in [-0.4, -0.2) is 43.5 Å². The highest BCUT2D eigenvalue weighted by atomic mass is 16.5. The average molecular weight is 558 g/mol. The molecule has 0 bridgehead atoms. The standard InChI is InChI=1S/C32H35N3O6/c1-7-41-27-16-21(2)29(22(3)17-27)35-20-33-30(28(31(35)36)32(37)40-6)34(18-23-8-12-25(38-4)13-9-23)19-24-10-14-26(39-5)15-11-24/h8-17,20H,7,18-19H2,1-6H3. The van der Waals surface area contributed by atoms with Crippen molar-refractivity contribution >= 4 is 11.8 Å². The molecule has 1 aromatic heterocycles. The Morgan fingerprint density at radius 3 is 1.78 bits per heavy atom. The van der Waals surface area contributed by atoms with Gasteiger partial charge in [-0.15, -0.1) is 0 Å². The highest BCUT2D eigenvalue weighted by molar-refractivity contribution is 5.94. The first kappa shape index (κ1) is 29.2. The molecule has 4 rings (SSSR count). The number of aryl methyl sites for hydroxylation is 2. The summed E-state index contributed by atoms with van der Waals surface area (Å²) in [5.74, 6) is 1.64. The van der Waals surface area contributed by atoms with Gasteiger partial charge in [-0.1, -0.05) is 24.3 Å². The van der Waals surface area contributed by atoms with Gasteiger partial charge < -0.3 is 23.8 Å². The third-order valence-corrected chi connectivity index (χ3v) is 6.72. The van der Waals surface area contributed by atoms with E-state index in [1.54, 1.807) is 14.2 Å². The topological polar surface area (TPSA) is 92.1 Å². The van der Waals surface area contributed by atoms with E-state index in [2.05, 4.69) is 0 Å². The van der Waals surface area contributed by atoms with Gasteiger partial charge in [-0.3, -0.25) is 9.36 Å². The molecule has 4 aromatic rings. The van der Waals surface area contributed by atoms with E-state index in [0.717, 1.165) is 33.8 Å². The van der Waals surface area contributed by atoms with Crippen molar-refractivity contribution < 1.29 is 23.7 Å². The zero-order valence-corrected chi connectivity index (χ0v) is 24.3. The van der Waals surface area contributed by atoms with Crippen LogP contribution >= 0.6 is 0 Å². The first-order chi connectivity index (χ1) is 19.8. The Labute approximate surface area is 239 Å². The van der Waals surface area contributed by atoms with Gasteiger partial charge in [0, 0.05) is 13.1 Å². The van der Waals surface area contributed by atoms with Gasteiger partial charge >= 0.3 is 5.97 Å². The molecule has 0 spiro atoms. The largest absolute Gasteiger partial charge is 0.497 e. The summed E-state index contributed by atoms with van der Waals surface area (Å²) in [5.41, 5.74) is 3.48. The van der Waals surface area contributed by atoms with E-state index in [4.69, 9.17) is 23.9 Å². The van der Waals surface area contributed by atoms with Gasteiger partial charge in [0.25, 0.3) is 5.56 Å². The maximum atomic E-state index is 14.0. The van der Waals surface area contributed by atoms with Gasteiger partial charge in [-0.05, 0) is 79.4 Å². The molecule has 0 aliphatic heterocycles. The fourth-order valence-electron chi connectivity index (χ4n) is 4.78. The van der Waals surface area contributed by atoms with Gasteiger partial charge in [0.15, 0.2) is 11.4 Å². The van der Waals surface area contributed by atoms with Crippen LogP contribution in [0.2, 0.25) is 0 Å². The zero-order chi connectivity index (χ0) is 29.5. The van der Waals surface area contributed by atoms with Crippen LogP contribution in [0.5, 0.6) is 17.2 Å². The van der Waals surface area contributed by atoms with Crippen molar-refractivity contribution in [3.63, 3.8) is 0 Å². The second-order valence-electron chi connectivity index (χ2n) is 9.50. The molecule has 9 nitrogen and oxygen atoms in total. The lowest BCUT2D eigenvalue weighted by molar-refractivity contribution is 0.0598. The van der Waals surface area contributed by atoms with Gasteiger partial charge in [0.1, 0.15) is 23.6 Å². The maximum absolute atomic E-state index is 14.0. The number of esters is 1. The predicted octanol–water partition coefficient (Wildman–Crippen LogP) is 5.26. The molecule has 214 valence electrons. The lowest BCUT2D eigenvalue weighted by atomic mass is 10.1. The summed E-state index contributed by atoms with van der Waals surface area (Å²) in [7, 11) is 4.48. The number of hydrogen-bond donors (Lipinski definition) is 0. The predicted molar refractivity (Wildman–Crippen MR) is 158 cm³/mol. The molecule has 9 heteroatoms. The minimum atomic E-state index is -0.762. The molecule has 3 aromatic carbocycles. The number of benzene rings is 3. The molecule has 0 unspecified atom stereocenters. The first-order valence-electron chi connectivity index (χ1n) is 13.2. The summed E-state index contributed by atoms with van der Waals surface area (Å²) in [4.78, 5) is 33.8. The minimum absolute atomic E-state index is 0.148. The van der Waals surface area contributed by atoms with Crippen LogP contribution in [0.15, 0.2) is 71.8 Å². The number of methoxy groups -OCH3 is 3. The molecule has 0 saturated heterocycles. The zero-order valence-electron chi connectivity index (χ0n) is 24.3. The van der Waals surface area contributed by atoms with E-state index in [-0.39, 0.29) is 11.4 Å². The first-order valence-corrected chi connectivity index (χ1v) is 13.2. The highest BCUT2D eigenvalue weighted by Gasteiger charge is 2.26. The molecule has 0 aliphatic carbocycles. The summed E-state index contributed by atoms with van der Waals surface area (Å²) in [6.45, 7) is 6.97. The van der Waals surface area contributed by atoms with Crippen LogP contribution in [0.25, 0.3) is 5.69 Å². The SMILES string of the molecule is CCOc1cc(C)c(-n2cnc(N(Cc3ccc(OC)cc3)Cc3ccc(OC)cc3)c(C(=O)OC)c2=O)c(C)c1. The smallest absolute Gasteiger partial charge is 0.347 e. The van der Waals surface area contributed by atoms with Crippen LogP contribution in [0.1, 0.15) is 39.5 Å². The summed E-state index contributed by atoms with van der Waals surface area (Å²) in [6.07, 6.45) is 1.47. The molecule has 0 atom stereocenters. The van der Waals surface area contributed by atoms with E-state index >= 15 is 0 Å². The highest BCUT2D eigenvalue weighted by Crippen LogP contribution is 2.27. The number of aromatic nitrogens is 2. The Bertz CT molecular complexity index is 1490. The maximum Gasteiger partial charge on any atom is 0.347 e. The third-order valence-electron chi connectivity index (χ3n) is 6.72. The number of ether oxygens (including phenoxy) is 4. The van der Waals surface area contributed by atoms with Crippen LogP contribution in [0, 0.1) is 13.8 Å². The normalized spacial score (nSPS) is 10.7. The lowest BCUT2D eigenvalue weighted by Gasteiger charge is -2.26. The van der Waals surface area contributed by atoms with Gasteiger partial charge in [0.2, 0.25) is 0 Å². The Kier molecular flexibility index (Phi) is 9.29. The summed E-state index contributed by atoms with van der Waals surface area (Å²) in [5, 5.41) is 0. The van der Waals surface area contributed by atoms with Crippen LogP contribution < -0.4 is 24.7 Å². The molecule has 0 saturated carbocycles. The molecule has 1 heterocycles. The number of carbonyl (C=O) groups excluding carboxylic acids is 1. The van der Waals surface area contributed by atoms with Gasteiger partial charge in [-0.25, -0.2) is 9.78 Å². The molecule has 0 fully saturated rings. The van der Waals surface area contributed by atoms with Crippen LogP contribution in [0.3, 0.4) is 0 Å². The molecular formula is C32H35N3O6. The monoisotopic (exact) mass is 557 g/mol. The number of rotatable bonds is 11. The fourth-order valence-corrected chi connectivity index (χ4v) is 4.78. The fraction of sp³-hybridized carbons (Fsp3) is 0.281. The number of hydrogen-bond acceptors (Lipinski definition) is 8. The molecule has 0 amide bonds. The molecular weight excluding hydrogens is 522 g/mol. The van der Waals surface area contributed by atoms with E-state index in [1.165, 1.54) is 18.0 Å². The molecule has 41 heavy (non-hydrogen) atoms. The van der Waals surface area contributed by atoms with Gasteiger partial charge in [-0.2, -0.15) is 0 Å². The summed E-state index contributed by atoms with van der Waals surface area (Å²) in [6, 6.07) is 18.9. The Morgan fingerprint density at radius 2 is 1.34 bits per heavy atom. The van der Waals surface area contributed by atoms with E-state index in [0.29, 0.717) is 31.1 Å². The van der Waals surface area contributed by atoms with Crippen LogP contribution in [-0.2, 0) is 17.8 Å². The van der Waals surface area contributed by atoms with E-state index in [1.807, 2.05) is 86.3 Å². The number of nitrogens with zero attached hydrogens (tertiary/aromatic N) is 3. The Hall–Kier alpha value is -4.79.